The molecule has 0 bridgehead atoms. The van der Waals surface area contributed by atoms with E-state index in [9.17, 15) is 13.2 Å². The molecule has 1 rings (SSSR count). The fourth-order valence-corrected chi connectivity index (χ4v) is 2.09. The predicted octanol–water partition coefficient (Wildman–Crippen LogP) is 0.772. The summed E-state index contributed by atoms with van der Waals surface area (Å²) in [4.78, 5) is 14.9. The first-order valence-corrected chi connectivity index (χ1v) is 6.29. The van der Waals surface area contributed by atoms with Crippen LogP contribution in [-0.4, -0.2) is 44.9 Å². The van der Waals surface area contributed by atoms with Gasteiger partial charge in [-0.05, 0) is 6.07 Å². The molecule has 0 aliphatic rings. The molecule has 0 fully saturated rings. The van der Waals surface area contributed by atoms with Crippen molar-refractivity contribution < 1.29 is 17.9 Å². The molecule has 0 radical (unpaired) electrons. The van der Waals surface area contributed by atoms with Gasteiger partial charge in [-0.2, -0.15) is 0 Å². The summed E-state index contributed by atoms with van der Waals surface area (Å²) in [5, 5.41) is -0.102. The third-order valence-corrected chi connectivity index (χ3v) is 4.08. The van der Waals surface area contributed by atoms with Gasteiger partial charge in [-0.25, -0.2) is 22.5 Å². The van der Waals surface area contributed by atoms with E-state index in [-0.39, 0.29) is 15.6 Å². The number of carbonyl (C=O) groups is 1. The van der Waals surface area contributed by atoms with E-state index in [1.165, 1.54) is 21.2 Å². The van der Waals surface area contributed by atoms with Crippen LogP contribution in [0.2, 0.25) is 5.15 Å². The molecule has 0 aliphatic carbocycles. The lowest BCUT2D eigenvalue weighted by atomic mass is 10.3. The molecule has 1 heterocycles. The Morgan fingerprint density at radius 3 is 2.53 bits per heavy atom. The molecule has 1 aromatic heterocycles. The van der Waals surface area contributed by atoms with E-state index in [0.717, 1.165) is 16.6 Å². The van der Waals surface area contributed by atoms with E-state index >= 15 is 0 Å². The number of nitrogens with zero attached hydrogens (tertiary/aromatic N) is 2. The molecule has 0 N–H and O–H groups in total. The summed E-state index contributed by atoms with van der Waals surface area (Å²) in [6.07, 6.45) is 1.09. The van der Waals surface area contributed by atoms with E-state index < -0.39 is 16.0 Å². The average Bonchev–Trinajstić information content (AvgIpc) is 2.28. The van der Waals surface area contributed by atoms with Crippen LogP contribution in [0.15, 0.2) is 17.2 Å². The predicted molar refractivity (Wildman–Crippen MR) is 61.5 cm³/mol. The zero-order chi connectivity index (χ0) is 13.2. The molecule has 0 saturated carbocycles. The zero-order valence-electron chi connectivity index (χ0n) is 9.47. The molecule has 6 nitrogen and oxygen atoms in total. The fourth-order valence-electron chi connectivity index (χ4n) is 1.03. The maximum atomic E-state index is 11.8. The molecule has 0 amide bonds. The van der Waals surface area contributed by atoms with Gasteiger partial charge < -0.3 is 4.74 Å². The number of esters is 1. The summed E-state index contributed by atoms with van der Waals surface area (Å²) in [5.41, 5.74) is -0.0860. The van der Waals surface area contributed by atoms with Crippen molar-refractivity contribution in [3.05, 3.63) is 23.0 Å². The minimum absolute atomic E-state index is 0.0860. The summed E-state index contributed by atoms with van der Waals surface area (Å²) in [5.74, 6) is -0.738. The van der Waals surface area contributed by atoms with E-state index in [1.807, 2.05) is 0 Å². The molecule has 0 unspecified atom stereocenters. The molecular formula is C9H11ClN2O4S. The van der Waals surface area contributed by atoms with Gasteiger partial charge in [0.05, 0.1) is 12.7 Å². The number of ether oxygens (including phenoxy) is 1. The minimum Gasteiger partial charge on any atom is -0.465 e. The van der Waals surface area contributed by atoms with E-state index in [2.05, 4.69) is 9.72 Å². The summed E-state index contributed by atoms with van der Waals surface area (Å²) < 4.78 is 29.1. The first-order chi connectivity index (χ1) is 7.80. The van der Waals surface area contributed by atoms with Gasteiger partial charge in [-0.1, -0.05) is 11.6 Å². The molecular weight excluding hydrogens is 268 g/mol. The molecule has 0 saturated heterocycles. The van der Waals surface area contributed by atoms with Crippen molar-refractivity contribution in [1.82, 2.24) is 9.29 Å². The number of carbonyl (C=O) groups excluding carboxylic acids is 1. The monoisotopic (exact) mass is 278 g/mol. The zero-order valence-corrected chi connectivity index (χ0v) is 11.0. The van der Waals surface area contributed by atoms with Gasteiger partial charge >= 0.3 is 5.97 Å². The Kier molecular flexibility index (Phi) is 4.07. The van der Waals surface area contributed by atoms with Crippen molar-refractivity contribution in [2.24, 2.45) is 0 Å². The summed E-state index contributed by atoms with van der Waals surface area (Å²) >= 11 is 5.68. The highest BCUT2D eigenvalue weighted by molar-refractivity contribution is 7.89. The topological polar surface area (TPSA) is 76.6 Å². The van der Waals surface area contributed by atoms with E-state index in [4.69, 9.17) is 11.6 Å². The highest BCUT2D eigenvalue weighted by Gasteiger charge is 2.21. The maximum absolute atomic E-state index is 11.8. The Morgan fingerprint density at radius 2 is 2.06 bits per heavy atom. The lowest BCUT2D eigenvalue weighted by Gasteiger charge is -2.11. The Hall–Kier alpha value is -1.18. The lowest BCUT2D eigenvalue weighted by molar-refractivity contribution is 0.0600. The van der Waals surface area contributed by atoms with Gasteiger partial charge in [0, 0.05) is 20.3 Å². The van der Waals surface area contributed by atoms with Gasteiger partial charge in [0.25, 0.3) is 0 Å². The molecule has 8 heteroatoms. The van der Waals surface area contributed by atoms with Crippen LogP contribution in [0.3, 0.4) is 0 Å². The third-order valence-electron chi connectivity index (χ3n) is 2.00. The number of hydrogen-bond acceptors (Lipinski definition) is 5. The molecule has 0 aromatic carbocycles. The first-order valence-electron chi connectivity index (χ1n) is 4.47. The summed E-state index contributed by atoms with van der Waals surface area (Å²) in [6.45, 7) is 0. The van der Waals surface area contributed by atoms with Crippen LogP contribution in [0.5, 0.6) is 0 Å². The highest BCUT2D eigenvalue weighted by Crippen LogP contribution is 2.19. The van der Waals surface area contributed by atoms with Gasteiger partial charge in [-0.15, -0.1) is 0 Å². The summed E-state index contributed by atoms with van der Waals surface area (Å²) in [7, 11) is 0.272. The Labute approximate surface area is 104 Å². The van der Waals surface area contributed by atoms with Crippen LogP contribution in [0, 0.1) is 0 Å². The normalized spacial score (nSPS) is 11.6. The second-order valence-corrected chi connectivity index (χ2v) is 5.80. The van der Waals surface area contributed by atoms with Crippen LogP contribution >= 0.6 is 11.6 Å². The van der Waals surface area contributed by atoms with Crippen LogP contribution in [0.4, 0.5) is 0 Å². The van der Waals surface area contributed by atoms with Crippen LogP contribution in [0.1, 0.15) is 10.4 Å². The lowest BCUT2D eigenvalue weighted by Crippen LogP contribution is -2.22. The van der Waals surface area contributed by atoms with Crippen LogP contribution < -0.4 is 0 Å². The Balaban J connectivity index is 3.37. The van der Waals surface area contributed by atoms with Gasteiger partial charge in [0.2, 0.25) is 10.0 Å². The van der Waals surface area contributed by atoms with Crippen molar-refractivity contribution >= 4 is 27.6 Å². The maximum Gasteiger partial charge on any atom is 0.341 e. The number of hydrogen-bond donors (Lipinski definition) is 0. The summed E-state index contributed by atoms with van der Waals surface area (Å²) in [6, 6.07) is 1.14. The number of aromatic nitrogens is 1. The SMILES string of the molecule is COC(=O)c1cc(S(=O)(=O)N(C)C)cnc1Cl. The van der Waals surface area contributed by atoms with Crippen molar-refractivity contribution in [2.45, 2.75) is 4.90 Å². The Morgan fingerprint density at radius 1 is 1.47 bits per heavy atom. The highest BCUT2D eigenvalue weighted by atomic mass is 35.5. The second-order valence-electron chi connectivity index (χ2n) is 3.29. The van der Waals surface area contributed by atoms with Gasteiger partial charge in [0.15, 0.2) is 0 Å². The molecule has 0 aliphatic heterocycles. The number of methoxy groups -OCH3 is 1. The van der Waals surface area contributed by atoms with E-state index in [1.54, 1.807) is 0 Å². The smallest absolute Gasteiger partial charge is 0.341 e. The van der Waals surface area contributed by atoms with Crippen molar-refractivity contribution in [2.75, 3.05) is 21.2 Å². The largest absolute Gasteiger partial charge is 0.465 e. The Bertz CT molecular complexity index is 542. The quantitative estimate of drug-likeness (QED) is 0.603. The minimum atomic E-state index is -3.65. The van der Waals surface area contributed by atoms with Crippen molar-refractivity contribution in [3.63, 3.8) is 0 Å². The number of pyridine rings is 1. The molecule has 94 valence electrons. The van der Waals surface area contributed by atoms with Gasteiger partial charge in [-0.3, -0.25) is 0 Å². The fraction of sp³-hybridized carbons (Fsp3) is 0.333. The third kappa shape index (κ3) is 2.74. The number of rotatable bonds is 3. The van der Waals surface area contributed by atoms with Gasteiger partial charge in [0.1, 0.15) is 10.0 Å². The van der Waals surface area contributed by atoms with Crippen LogP contribution in [-0.2, 0) is 14.8 Å². The van der Waals surface area contributed by atoms with Crippen molar-refractivity contribution in [3.8, 4) is 0 Å². The van der Waals surface area contributed by atoms with Crippen molar-refractivity contribution in [1.29, 1.82) is 0 Å². The molecule has 0 spiro atoms. The molecule has 1 aromatic rings. The second kappa shape index (κ2) is 4.99. The average molecular weight is 279 g/mol. The number of sulfonamides is 1. The standard InChI is InChI=1S/C9H11ClN2O4S/c1-12(2)17(14,15)6-4-7(9(13)16-3)8(10)11-5-6/h4-5H,1-3H3. The van der Waals surface area contributed by atoms with Crippen LogP contribution in [0.25, 0.3) is 0 Å². The van der Waals surface area contributed by atoms with E-state index in [0.29, 0.717) is 0 Å². The first kappa shape index (κ1) is 13.9. The number of halogens is 1. The molecule has 0 atom stereocenters. The molecule has 17 heavy (non-hydrogen) atoms.